The molecule has 0 radical (unpaired) electrons. The zero-order valence-corrected chi connectivity index (χ0v) is 17.3. The summed E-state index contributed by atoms with van der Waals surface area (Å²) >= 11 is 0. The summed E-state index contributed by atoms with van der Waals surface area (Å²) in [5, 5.41) is 3.56. The molecular weight excluding hydrogens is 403 g/mol. The fourth-order valence-electron chi connectivity index (χ4n) is 4.22. The van der Waals surface area contributed by atoms with E-state index in [1.807, 2.05) is 36.4 Å². The third-order valence-electron chi connectivity index (χ3n) is 5.73. The van der Waals surface area contributed by atoms with E-state index in [2.05, 4.69) is 34.6 Å². The molecule has 32 heavy (non-hydrogen) atoms. The van der Waals surface area contributed by atoms with Crippen molar-refractivity contribution in [3.8, 4) is 11.1 Å². The summed E-state index contributed by atoms with van der Waals surface area (Å²) in [6.07, 6.45) is 4.48. The largest absolute Gasteiger partial charge is 0.449 e. The molecule has 1 amide bonds. The highest BCUT2D eigenvalue weighted by Crippen LogP contribution is 2.44. The van der Waals surface area contributed by atoms with Crippen molar-refractivity contribution < 1.29 is 13.9 Å². The molecule has 1 N–H and O–H groups in total. The Hall–Kier alpha value is -3.99. The number of pyridine rings is 1. The maximum atomic E-state index is 14.2. The van der Waals surface area contributed by atoms with Gasteiger partial charge in [0.25, 0.3) is 0 Å². The summed E-state index contributed by atoms with van der Waals surface area (Å²) < 4.78 is 19.7. The zero-order chi connectivity index (χ0) is 21.9. The standard InChI is InChI=1S/C27H21FN2O2/c28-25-16-26-19(8-6-13-29-26)15-18(25)7-5-14-30-27(31)32-17-24-22-11-3-1-9-20(22)21-10-2-4-12-23(21)24/h1-13,15-16,24H,14,17H2,(H,30,31). The van der Waals surface area contributed by atoms with E-state index in [9.17, 15) is 9.18 Å². The maximum Gasteiger partial charge on any atom is 0.407 e. The lowest BCUT2D eigenvalue weighted by molar-refractivity contribution is 0.144. The maximum absolute atomic E-state index is 14.2. The number of benzene rings is 3. The minimum atomic E-state index is -0.500. The number of hydrogen-bond donors (Lipinski definition) is 1. The smallest absolute Gasteiger partial charge is 0.407 e. The second-order valence-electron chi connectivity index (χ2n) is 7.68. The van der Waals surface area contributed by atoms with Gasteiger partial charge in [0.15, 0.2) is 0 Å². The summed E-state index contributed by atoms with van der Waals surface area (Å²) in [4.78, 5) is 16.4. The van der Waals surface area contributed by atoms with Gasteiger partial charge < -0.3 is 10.1 Å². The second kappa shape index (κ2) is 8.63. The van der Waals surface area contributed by atoms with Gasteiger partial charge in [0.2, 0.25) is 0 Å². The van der Waals surface area contributed by atoms with E-state index >= 15 is 0 Å². The van der Waals surface area contributed by atoms with Gasteiger partial charge in [-0.1, -0.05) is 66.7 Å². The first kappa shape index (κ1) is 19.9. The minimum Gasteiger partial charge on any atom is -0.449 e. The Balaban J connectivity index is 1.19. The Kier molecular flexibility index (Phi) is 5.38. The van der Waals surface area contributed by atoms with Gasteiger partial charge >= 0.3 is 6.09 Å². The highest BCUT2D eigenvalue weighted by Gasteiger charge is 2.28. The molecular formula is C27H21FN2O2. The van der Waals surface area contributed by atoms with E-state index in [-0.39, 0.29) is 24.9 Å². The lowest BCUT2D eigenvalue weighted by Gasteiger charge is -2.14. The number of amides is 1. The van der Waals surface area contributed by atoms with Crippen LogP contribution in [0.25, 0.3) is 28.1 Å². The third-order valence-corrected chi connectivity index (χ3v) is 5.73. The fourth-order valence-corrected chi connectivity index (χ4v) is 4.22. The van der Waals surface area contributed by atoms with Crippen LogP contribution >= 0.6 is 0 Å². The molecule has 0 bridgehead atoms. The summed E-state index contributed by atoms with van der Waals surface area (Å²) in [5.41, 5.74) is 5.77. The number of carbonyl (C=O) groups excluding carboxylic acids is 1. The third kappa shape index (κ3) is 3.85. The summed E-state index contributed by atoms with van der Waals surface area (Å²) in [5.74, 6) is -0.336. The Labute approximate surface area is 185 Å². The predicted molar refractivity (Wildman–Crippen MR) is 124 cm³/mol. The molecule has 0 aliphatic heterocycles. The van der Waals surface area contributed by atoms with Gasteiger partial charge in [-0.05, 0) is 34.4 Å². The molecule has 1 aliphatic carbocycles. The van der Waals surface area contributed by atoms with Gasteiger partial charge in [0.05, 0.1) is 5.52 Å². The normalized spacial score (nSPS) is 12.7. The van der Waals surface area contributed by atoms with Crippen molar-refractivity contribution >= 4 is 23.1 Å². The van der Waals surface area contributed by atoms with Crippen LogP contribution in [0.5, 0.6) is 0 Å². The topological polar surface area (TPSA) is 51.2 Å². The fraction of sp³-hybridized carbons (Fsp3) is 0.111. The van der Waals surface area contributed by atoms with Crippen LogP contribution in [-0.4, -0.2) is 24.2 Å². The molecule has 1 aromatic heterocycles. The van der Waals surface area contributed by atoms with E-state index in [0.717, 1.165) is 5.39 Å². The van der Waals surface area contributed by atoms with Crippen LogP contribution in [0.2, 0.25) is 0 Å². The second-order valence-corrected chi connectivity index (χ2v) is 7.68. The van der Waals surface area contributed by atoms with E-state index in [0.29, 0.717) is 11.1 Å². The van der Waals surface area contributed by atoms with Crippen molar-refractivity contribution in [2.75, 3.05) is 13.2 Å². The molecule has 0 unspecified atom stereocenters. The number of hydrogen-bond acceptors (Lipinski definition) is 3. The number of halogens is 1. The van der Waals surface area contributed by atoms with E-state index in [1.165, 1.54) is 28.3 Å². The first-order valence-electron chi connectivity index (χ1n) is 10.5. The van der Waals surface area contributed by atoms with Crippen LogP contribution in [0.15, 0.2) is 85.1 Å². The minimum absolute atomic E-state index is 0.0176. The van der Waals surface area contributed by atoms with Crippen LogP contribution in [0, 0.1) is 5.82 Å². The van der Waals surface area contributed by atoms with Crippen LogP contribution < -0.4 is 5.32 Å². The SMILES string of the molecule is O=C(NCC=Cc1cc2cccnc2cc1F)OCC1c2ccccc2-c2ccccc21. The molecule has 0 spiro atoms. The molecule has 0 fully saturated rings. The lowest BCUT2D eigenvalue weighted by Crippen LogP contribution is -2.26. The molecule has 5 rings (SSSR count). The van der Waals surface area contributed by atoms with Gasteiger partial charge in [0, 0.05) is 35.7 Å². The van der Waals surface area contributed by atoms with E-state index in [4.69, 9.17) is 4.74 Å². The zero-order valence-electron chi connectivity index (χ0n) is 17.3. The number of rotatable bonds is 5. The Morgan fingerprint density at radius 1 is 1.00 bits per heavy atom. The van der Waals surface area contributed by atoms with Gasteiger partial charge in [-0.25, -0.2) is 9.18 Å². The highest BCUT2D eigenvalue weighted by atomic mass is 19.1. The Morgan fingerprint density at radius 3 is 2.47 bits per heavy atom. The van der Waals surface area contributed by atoms with Crippen molar-refractivity contribution in [1.82, 2.24) is 10.3 Å². The van der Waals surface area contributed by atoms with Gasteiger partial charge in [-0.2, -0.15) is 0 Å². The van der Waals surface area contributed by atoms with Gasteiger partial charge in [-0.3, -0.25) is 4.98 Å². The highest BCUT2D eigenvalue weighted by molar-refractivity contribution is 5.81. The van der Waals surface area contributed by atoms with Crippen LogP contribution in [0.3, 0.4) is 0 Å². The number of nitrogens with one attached hydrogen (secondary N) is 1. The van der Waals surface area contributed by atoms with Gasteiger partial charge in [0.1, 0.15) is 12.4 Å². The number of alkyl carbamates (subject to hydrolysis) is 1. The molecule has 0 saturated carbocycles. The Bertz CT molecular complexity index is 1290. The summed E-state index contributed by atoms with van der Waals surface area (Å²) in [7, 11) is 0. The van der Waals surface area contributed by atoms with Crippen molar-refractivity contribution in [3.05, 3.63) is 108 Å². The lowest BCUT2D eigenvalue weighted by atomic mass is 9.98. The average molecular weight is 424 g/mol. The quantitative estimate of drug-likeness (QED) is 0.432. The molecule has 0 saturated heterocycles. The number of nitrogens with zero attached hydrogens (tertiary/aromatic N) is 1. The van der Waals surface area contributed by atoms with E-state index < -0.39 is 6.09 Å². The molecule has 0 atom stereocenters. The number of aromatic nitrogens is 1. The Morgan fingerprint density at radius 2 is 1.72 bits per heavy atom. The molecule has 1 heterocycles. The van der Waals surface area contributed by atoms with Crippen molar-refractivity contribution in [2.24, 2.45) is 0 Å². The predicted octanol–water partition coefficient (Wildman–Crippen LogP) is 5.93. The van der Waals surface area contributed by atoms with E-state index in [1.54, 1.807) is 24.4 Å². The van der Waals surface area contributed by atoms with Crippen LogP contribution in [0.1, 0.15) is 22.6 Å². The molecule has 3 aromatic carbocycles. The molecule has 4 nitrogen and oxygen atoms in total. The van der Waals surface area contributed by atoms with Crippen LogP contribution in [0.4, 0.5) is 9.18 Å². The average Bonchev–Trinajstić information content (AvgIpc) is 3.14. The summed E-state index contributed by atoms with van der Waals surface area (Å²) in [6.45, 7) is 0.497. The van der Waals surface area contributed by atoms with Crippen molar-refractivity contribution in [3.63, 3.8) is 0 Å². The van der Waals surface area contributed by atoms with Crippen molar-refractivity contribution in [1.29, 1.82) is 0 Å². The molecule has 158 valence electrons. The van der Waals surface area contributed by atoms with Crippen molar-refractivity contribution in [2.45, 2.75) is 5.92 Å². The first-order valence-corrected chi connectivity index (χ1v) is 10.5. The number of carbonyl (C=O) groups is 1. The monoisotopic (exact) mass is 424 g/mol. The summed E-state index contributed by atoms with van der Waals surface area (Å²) in [6, 6.07) is 23.3. The van der Waals surface area contributed by atoms with Crippen LogP contribution in [-0.2, 0) is 4.74 Å². The molecule has 5 heteroatoms. The van der Waals surface area contributed by atoms with Gasteiger partial charge in [-0.15, -0.1) is 0 Å². The molecule has 1 aliphatic rings. The molecule has 4 aromatic rings. The first-order chi connectivity index (χ1) is 15.7. The number of ether oxygens (including phenoxy) is 1. The number of fused-ring (bicyclic) bond motifs is 4.